The largest absolute Gasteiger partial charge is 0.493 e. The van der Waals surface area contributed by atoms with Crippen molar-refractivity contribution in [1.82, 2.24) is 0 Å². The Balaban J connectivity index is 2.04. The van der Waals surface area contributed by atoms with Gasteiger partial charge < -0.3 is 10.5 Å². The number of ether oxygens (including phenoxy) is 1. The van der Waals surface area contributed by atoms with Gasteiger partial charge in [0.15, 0.2) is 0 Å². The summed E-state index contributed by atoms with van der Waals surface area (Å²) >= 11 is 7.00. The van der Waals surface area contributed by atoms with Crippen molar-refractivity contribution < 1.29 is 4.74 Å². The van der Waals surface area contributed by atoms with E-state index in [2.05, 4.69) is 44.0 Å². The van der Waals surface area contributed by atoms with E-state index in [9.17, 15) is 0 Å². The average molecular weight is 383 g/mol. The molecule has 0 radical (unpaired) electrons. The fourth-order valence-electron chi connectivity index (χ4n) is 2.42. The maximum atomic E-state index is 6.41. The molecule has 1 aliphatic heterocycles. The molecule has 2 nitrogen and oxygen atoms in total. The molecule has 2 N–H and O–H groups in total. The molecule has 1 aliphatic rings. The second-order valence-electron chi connectivity index (χ2n) is 4.61. The summed E-state index contributed by atoms with van der Waals surface area (Å²) in [6.45, 7) is 0.751. The smallest absolute Gasteiger partial charge is 0.127 e. The molecule has 0 fully saturated rings. The molecule has 1 heterocycles. The zero-order valence-electron chi connectivity index (χ0n) is 10.2. The van der Waals surface area contributed by atoms with E-state index < -0.39 is 0 Å². The van der Waals surface area contributed by atoms with Crippen molar-refractivity contribution in [2.45, 2.75) is 12.5 Å². The van der Waals surface area contributed by atoms with Crippen LogP contribution in [0.4, 0.5) is 0 Å². The Morgan fingerprint density at radius 1 is 1.11 bits per heavy atom. The van der Waals surface area contributed by atoms with Gasteiger partial charge in [0, 0.05) is 20.9 Å². The molecule has 0 bridgehead atoms. The van der Waals surface area contributed by atoms with Crippen LogP contribution in [0.5, 0.6) is 5.75 Å². The first-order valence-electron chi connectivity index (χ1n) is 6.11. The van der Waals surface area contributed by atoms with Gasteiger partial charge in [0.2, 0.25) is 0 Å². The molecule has 2 aromatic carbocycles. The highest BCUT2D eigenvalue weighted by atomic mass is 79.9. The number of nitrogens with two attached hydrogens (primary N) is 1. The molecule has 1 atom stereocenters. The van der Waals surface area contributed by atoms with Crippen LogP contribution in [-0.4, -0.2) is 6.61 Å². The van der Waals surface area contributed by atoms with Gasteiger partial charge in [-0.25, -0.2) is 0 Å². The Labute approximate surface area is 129 Å². The van der Waals surface area contributed by atoms with E-state index in [-0.39, 0.29) is 6.04 Å². The minimum absolute atomic E-state index is 0.179. The van der Waals surface area contributed by atoms with Crippen LogP contribution < -0.4 is 10.5 Å². The highest BCUT2D eigenvalue weighted by Gasteiger charge is 2.21. The second-order valence-corrected chi connectivity index (χ2v) is 6.45. The number of para-hydroxylation sites is 1. The number of halogens is 2. The summed E-state index contributed by atoms with van der Waals surface area (Å²) in [5.74, 6) is 0.964. The zero-order chi connectivity index (χ0) is 13.4. The van der Waals surface area contributed by atoms with Crippen LogP contribution in [0.3, 0.4) is 0 Å². The quantitative estimate of drug-likeness (QED) is 0.844. The van der Waals surface area contributed by atoms with Crippen LogP contribution >= 0.6 is 31.9 Å². The number of hydrogen-bond donors (Lipinski definition) is 1. The molecular formula is C15H13Br2NO. The Morgan fingerprint density at radius 3 is 2.58 bits per heavy atom. The lowest BCUT2D eigenvalue weighted by atomic mass is 9.97. The molecule has 19 heavy (non-hydrogen) atoms. The zero-order valence-corrected chi connectivity index (χ0v) is 13.4. The van der Waals surface area contributed by atoms with E-state index in [4.69, 9.17) is 10.5 Å². The summed E-state index contributed by atoms with van der Waals surface area (Å²) in [5, 5.41) is 0. The Bertz CT molecular complexity index is 607. The molecule has 0 aromatic heterocycles. The normalized spacial score (nSPS) is 14.9. The third-order valence-electron chi connectivity index (χ3n) is 3.32. The van der Waals surface area contributed by atoms with Crippen LogP contribution in [0.25, 0.3) is 0 Å². The summed E-state index contributed by atoms with van der Waals surface area (Å²) in [4.78, 5) is 0. The van der Waals surface area contributed by atoms with Crippen molar-refractivity contribution >= 4 is 31.9 Å². The molecule has 3 rings (SSSR count). The van der Waals surface area contributed by atoms with E-state index in [0.717, 1.165) is 38.8 Å². The van der Waals surface area contributed by atoms with Crippen LogP contribution in [0.1, 0.15) is 22.7 Å². The van der Waals surface area contributed by atoms with Crippen molar-refractivity contribution in [3.63, 3.8) is 0 Å². The molecule has 0 aliphatic carbocycles. The van der Waals surface area contributed by atoms with Crippen LogP contribution in [-0.2, 0) is 6.42 Å². The second kappa shape index (κ2) is 5.27. The minimum atomic E-state index is -0.179. The highest BCUT2D eigenvalue weighted by Crippen LogP contribution is 2.36. The molecule has 2 aromatic rings. The predicted octanol–water partition coefficient (Wildman–Crippen LogP) is 4.19. The van der Waals surface area contributed by atoms with Gasteiger partial charge in [0.1, 0.15) is 5.75 Å². The minimum Gasteiger partial charge on any atom is -0.493 e. The molecule has 1 unspecified atom stereocenters. The maximum absolute atomic E-state index is 6.41. The van der Waals surface area contributed by atoms with E-state index in [1.54, 1.807) is 0 Å². The van der Waals surface area contributed by atoms with E-state index in [1.807, 2.05) is 24.3 Å². The van der Waals surface area contributed by atoms with Crippen LogP contribution in [0, 0.1) is 0 Å². The molecule has 0 saturated heterocycles. The van der Waals surface area contributed by atoms with Crippen LogP contribution in [0.2, 0.25) is 0 Å². The van der Waals surface area contributed by atoms with Crippen molar-refractivity contribution in [3.05, 3.63) is 62.0 Å². The third-order valence-corrected chi connectivity index (χ3v) is 4.24. The lowest BCUT2D eigenvalue weighted by Crippen LogP contribution is -2.13. The summed E-state index contributed by atoms with van der Waals surface area (Å²) in [6, 6.07) is 12.1. The van der Waals surface area contributed by atoms with E-state index in [0.29, 0.717) is 0 Å². The van der Waals surface area contributed by atoms with E-state index in [1.165, 1.54) is 5.56 Å². The summed E-state index contributed by atoms with van der Waals surface area (Å²) in [6.07, 6.45) is 0.970. The summed E-state index contributed by atoms with van der Waals surface area (Å²) in [5.41, 5.74) is 9.77. The van der Waals surface area contributed by atoms with Gasteiger partial charge in [-0.2, -0.15) is 0 Å². The van der Waals surface area contributed by atoms with Crippen LogP contribution in [0.15, 0.2) is 45.3 Å². The fraction of sp³-hybridized carbons (Fsp3) is 0.200. The van der Waals surface area contributed by atoms with Crippen molar-refractivity contribution in [1.29, 1.82) is 0 Å². The van der Waals surface area contributed by atoms with Crippen molar-refractivity contribution in [2.24, 2.45) is 5.73 Å². The summed E-state index contributed by atoms with van der Waals surface area (Å²) < 4.78 is 7.76. The maximum Gasteiger partial charge on any atom is 0.127 e. The lowest BCUT2D eigenvalue weighted by molar-refractivity contribution is 0.352. The Morgan fingerprint density at radius 2 is 1.84 bits per heavy atom. The van der Waals surface area contributed by atoms with Gasteiger partial charge in [0.05, 0.1) is 12.6 Å². The standard InChI is InChI=1S/C15H13Br2NO/c16-11-6-10(7-12(17)8-11)14(18)13-3-1-2-9-4-5-19-15(9)13/h1-3,6-8,14H,4-5,18H2. The topological polar surface area (TPSA) is 35.2 Å². The molecule has 0 amide bonds. The lowest BCUT2D eigenvalue weighted by Gasteiger charge is -2.16. The van der Waals surface area contributed by atoms with Gasteiger partial charge in [-0.05, 0) is 29.3 Å². The van der Waals surface area contributed by atoms with Gasteiger partial charge in [-0.15, -0.1) is 0 Å². The fourth-order valence-corrected chi connectivity index (χ4v) is 3.75. The van der Waals surface area contributed by atoms with Gasteiger partial charge in [-0.3, -0.25) is 0 Å². The number of rotatable bonds is 2. The molecule has 0 spiro atoms. The van der Waals surface area contributed by atoms with Gasteiger partial charge in [-0.1, -0.05) is 50.1 Å². The first-order valence-corrected chi connectivity index (χ1v) is 7.70. The predicted molar refractivity (Wildman–Crippen MR) is 83.5 cm³/mol. The Hall–Kier alpha value is -0.840. The number of benzene rings is 2. The first-order chi connectivity index (χ1) is 9.15. The summed E-state index contributed by atoms with van der Waals surface area (Å²) in [7, 11) is 0. The Kier molecular flexibility index (Phi) is 3.65. The molecule has 98 valence electrons. The van der Waals surface area contributed by atoms with E-state index >= 15 is 0 Å². The van der Waals surface area contributed by atoms with Gasteiger partial charge in [0.25, 0.3) is 0 Å². The first kappa shape index (κ1) is 13.2. The molecule has 4 heteroatoms. The number of hydrogen-bond acceptors (Lipinski definition) is 2. The monoisotopic (exact) mass is 381 g/mol. The van der Waals surface area contributed by atoms with Crippen molar-refractivity contribution in [2.75, 3.05) is 6.61 Å². The number of fused-ring (bicyclic) bond motifs is 1. The SMILES string of the molecule is NC(c1cc(Br)cc(Br)c1)c1cccc2c1OCC2. The molecule has 0 saturated carbocycles. The third kappa shape index (κ3) is 2.57. The molecular weight excluding hydrogens is 370 g/mol. The van der Waals surface area contributed by atoms with Gasteiger partial charge >= 0.3 is 0 Å². The van der Waals surface area contributed by atoms with Crippen molar-refractivity contribution in [3.8, 4) is 5.75 Å². The average Bonchev–Trinajstić information content (AvgIpc) is 2.84. The highest BCUT2D eigenvalue weighted by molar-refractivity contribution is 9.11.